The number of aliphatic hydroxyl groups is 1. The minimum atomic E-state index is -0.875. The normalized spacial score (nSPS) is 20.1. The van der Waals surface area contributed by atoms with Crippen LogP contribution < -0.4 is 16.0 Å². The average Bonchev–Trinajstić information content (AvgIpc) is 3.59. The van der Waals surface area contributed by atoms with E-state index in [2.05, 4.69) is 16.0 Å². The van der Waals surface area contributed by atoms with Crippen molar-refractivity contribution in [2.24, 2.45) is 23.7 Å². The number of carbonyl (C=O) groups excluding carboxylic acids is 4. The number of nitrogens with one attached hydrogen (secondary N) is 3. The number of methoxy groups -OCH3 is 2. The Morgan fingerprint density at radius 2 is 1.53 bits per heavy atom. The standard InChI is InChI=1S/C39H67N5O7/c1-13-25(6)34(43(10)39(49)33(24(4)5)42-38(48)32(40-9)23(2)3)30(50-11)22-31(45)44-21-17-20-29(44)36(51-12)26(7)37(47)41-27(8)35(46)28-18-15-14-16-19-28/h14-16,18-19,23-27,29-30,32-36,40,46H,13,17,20-22H2,1-12H3,(H,41,47)(H,42,48)/t25-,26+,27+,29-,30?,32-,33?,34-,35+,36+/m0/s1. The highest BCUT2D eigenvalue weighted by Crippen LogP contribution is 2.30. The zero-order valence-corrected chi connectivity index (χ0v) is 33.1. The average molecular weight is 718 g/mol. The maximum atomic E-state index is 14.1. The molecule has 0 aliphatic carbocycles. The van der Waals surface area contributed by atoms with Crippen LogP contribution in [0.1, 0.15) is 92.7 Å². The first-order chi connectivity index (χ1) is 24.0. The summed E-state index contributed by atoms with van der Waals surface area (Å²) in [5.41, 5.74) is 0.711. The number of rotatable bonds is 20. The Morgan fingerprint density at radius 1 is 0.922 bits per heavy atom. The number of likely N-dealkylation sites (tertiary alicyclic amines) is 1. The van der Waals surface area contributed by atoms with Crippen LogP contribution in [0.2, 0.25) is 0 Å². The van der Waals surface area contributed by atoms with Crippen LogP contribution >= 0.6 is 0 Å². The third kappa shape index (κ3) is 11.5. The van der Waals surface area contributed by atoms with Crippen molar-refractivity contribution in [2.75, 3.05) is 34.9 Å². The monoisotopic (exact) mass is 718 g/mol. The van der Waals surface area contributed by atoms with Gasteiger partial charge < -0.3 is 40.3 Å². The molecule has 290 valence electrons. The van der Waals surface area contributed by atoms with Crippen molar-refractivity contribution in [3.63, 3.8) is 0 Å². The zero-order valence-electron chi connectivity index (χ0n) is 33.1. The lowest BCUT2D eigenvalue weighted by molar-refractivity contribution is -0.148. The van der Waals surface area contributed by atoms with Crippen LogP contribution in [0.5, 0.6) is 0 Å². The molecule has 0 aromatic heterocycles. The van der Waals surface area contributed by atoms with Crippen LogP contribution in [0, 0.1) is 23.7 Å². The number of nitrogens with zero attached hydrogens (tertiary/aromatic N) is 2. The summed E-state index contributed by atoms with van der Waals surface area (Å²) < 4.78 is 11.9. The third-order valence-corrected chi connectivity index (χ3v) is 10.7. The molecule has 0 spiro atoms. The molecular weight excluding hydrogens is 650 g/mol. The highest BCUT2D eigenvalue weighted by molar-refractivity contribution is 5.90. The van der Waals surface area contributed by atoms with Crippen molar-refractivity contribution < 1.29 is 33.8 Å². The zero-order chi connectivity index (χ0) is 38.6. The summed E-state index contributed by atoms with van der Waals surface area (Å²) in [5, 5.41) is 19.8. The van der Waals surface area contributed by atoms with E-state index in [1.165, 1.54) is 0 Å². The number of likely N-dealkylation sites (N-methyl/N-ethyl adjacent to an activating group) is 2. The highest BCUT2D eigenvalue weighted by Gasteiger charge is 2.43. The van der Waals surface area contributed by atoms with Crippen LogP contribution in [0.15, 0.2) is 30.3 Å². The first-order valence-electron chi connectivity index (χ1n) is 18.7. The number of carbonyl (C=O) groups is 4. The predicted molar refractivity (Wildman–Crippen MR) is 200 cm³/mol. The van der Waals surface area contributed by atoms with Crippen molar-refractivity contribution >= 4 is 23.6 Å². The van der Waals surface area contributed by atoms with E-state index in [0.717, 1.165) is 12.8 Å². The highest BCUT2D eigenvalue weighted by atomic mass is 16.5. The van der Waals surface area contributed by atoms with Crippen LogP contribution in [-0.4, -0.2) is 116 Å². The van der Waals surface area contributed by atoms with Crippen molar-refractivity contribution in [3.8, 4) is 0 Å². The lowest BCUT2D eigenvalue weighted by Crippen LogP contribution is -2.59. The van der Waals surface area contributed by atoms with Gasteiger partial charge in [0.15, 0.2) is 0 Å². The van der Waals surface area contributed by atoms with Crippen molar-refractivity contribution in [1.29, 1.82) is 0 Å². The van der Waals surface area contributed by atoms with Gasteiger partial charge in [-0.15, -0.1) is 0 Å². The van der Waals surface area contributed by atoms with E-state index in [9.17, 15) is 24.3 Å². The van der Waals surface area contributed by atoms with Gasteiger partial charge in [0.25, 0.3) is 0 Å². The molecule has 4 N–H and O–H groups in total. The number of hydrogen-bond acceptors (Lipinski definition) is 8. The molecule has 1 aliphatic heterocycles. The number of hydrogen-bond donors (Lipinski definition) is 4. The van der Waals surface area contributed by atoms with Gasteiger partial charge in [0, 0.05) is 27.8 Å². The maximum absolute atomic E-state index is 14.1. The fraction of sp³-hybridized carbons (Fsp3) is 0.744. The summed E-state index contributed by atoms with van der Waals surface area (Å²) >= 11 is 0. The molecule has 2 unspecified atom stereocenters. The molecule has 0 radical (unpaired) electrons. The Morgan fingerprint density at radius 3 is 2.04 bits per heavy atom. The second kappa shape index (κ2) is 20.8. The summed E-state index contributed by atoms with van der Waals surface area (Å²) in [7, 11) is 6.57. The fourth-order valence-electron chi connectivity index (χ4n) is 7.42. The number of ether oxygens (including phenoxy) is 2. The SMILES string of the molecule is CC[C@H](C)[C@@H](C(CC(=O)N1CCC[C@H]1[C@H](OC)[C@@H](C)C(=O)N[C@H](C)[C@@H](O)c1ccccc1)OC)N(C)C(=O)C(NC(=O)[C@@H](NC)C(C)C)C(C)C. The number of aliphatic hydroxyl groups excluding tert-OH is 1. The molecule has 1 saturated heterocycles. The lowest BCUT2D eigenvalue weighted by atomic mass is 9.89. The number of benzene rings is 1. The molecule has 10 atom stereocenters. The molecule has 4 amide bonds. The summed E-state index contributed by atoms with van der Waals surface area (Å²) in [6.45, 7) is 15.9. The van der Waals surface area contributed by atoms with Crippen LogP contribution in [0.4, 0.5) is 0 Å². The summed E-state index contributed by atoms with van der Waals surface area (Å²) in [4.78, 5) is 58.3. The second-order valence-corrected chi connectivity index (χ2v) is 15.0. The van der Waals surface area contributed by atoms with Crippen LogP contribution in [-0.2, 0) is 28.7 Å². The van der Waals surface area contributed by atoms with E-state index in [1.54, 1.807) is 52.0 Å². The molecule has 1 fully saturated rings. The smallest absolute Gasteiger partial charge is 0.245 e. The van der Waals surface area contributed by atoms with E-state index in [1.807, 2.05) is 71.9 Å². The first kappa shape index (κ1) is 44.1. The van der Waals surface area contributed by atoms with Crippen LogP contribution in [0.25, 0.3) is 0 Å². The summed E-state index contributed by atoms with van der Waals surface area (Å²) in [6, 6.07) is 6.67. The van der Waals surface area contributed by atoms with Crippen molar-refractivity contribution in [1.82, 2.24) is 25.8 Å². The molecule has 0 bridgehead atoms. The quantitative estimate of drug-likeness (QED) is 0.160. The molecule has 1 aromatic rings. The van der Waals surface area contributed by atoms with Crippen LogP contribution in [0.3, 0.4) is 0 Å². The third-order valence-electron chi connectivity index (χ3n) is 10.7. The predicted octanol–water partition coefficient (Wildman–Crippen LogP) is 3.53. The van der Waals surface area contributed by atoms with Gasteiger partial charge in [-0.1, -0.05) is 85.2 Å². The van der Waals surface area contributed by atoms with Gasteiger partial charge in [0.1, 0.15) is 6.04 Å². The molecule has 12 heteroatoms. The lowest BCUT2D eigenvalue weighted by Gasteiger charge is -2.41. The molecule has 1 aliphatic rings. The molecular formula is C39H67N5O7. The van der Waals surface area contributed by atoms with Gasteiger partial charge in [-0.25, -0.2) is 0 Å². The van der Waals surface area contributed by atoms with Crippen molar-refractivity contribution in [3.05, 3.63) is 35.9 Å². The Hall–Kier alpha value is -3.06. The van der Waals surface area contributed by atoms with E-state index < -0.39 is 48.4 Å². The van der Waals surface area contributed by atoms with Gasteiger partial charge in [-0.3, -0.25) is 19.2 Å². The maximum Gasteiger partial charge on any atom is 0.245 e. The Bertz CT molecular complexity index is 1250. The topological polar surface area (TPSA) is 150 Å². The largest absolute Gasteiger partial charge is 0.386 e. The molecule has 0 saturated carbocycles. The van der Waals surface area contributed by atoms with Gasteiger partial charge in [0.05, 0.1) is 54.8 Å². The second-order valence-electron chi connectivity index (χ2n) is 15.0. The molecule has 1 aromatic carbocycles. The van der Waals surface area contributed by atoms with Crippen molar-refractivity contribution in [2.45, 2.75) is 130 Å². The Kier molecular flexibility index (Phi) is 18.0. The van der Waals surface area contributed by atoms with Gasteiger partial charge >= 0.3 is 0 Å². The minimum absolute atomic E-state index is 0.0148. The van der Waals surface area contributed by atoms with E-state index in [4.69, 9.17) is 9.47 Å². The van der Waals surface area contributed by atoms with E-state index in [0.29, 0.717) is 18.5 Å². The fourth-order valence-corrected chi connectivity index (χ4v) is 7.42. The van der Waals surface area contributed by atoms with Gasteiger partial charge in [0.2, 0.25) is 23.6 Å². The summed E-state index contributed by atoms with van der Waals surface area (Å²) in [6.07, 6.45) is 0.147. The van der Waals surface area contributed by atoms with E-state index in [-0.39, 0.29) is 53.8 Å². The Labute approximate surface area is 306 Å². The van der Waals surface area contributed by atoms with E-state index >= 15 is 0 Å². The minimum Gasteiger partial charge on any atom is -0.386 e. The van der Waals surface area contributed by atoms with Gasteiger partial charge in [-0.05, 0) is 50.1 Å². The first-order valence-corrected chi connectivity index (χ1v) is 18.7. The molecule has 1 heterocycles. The molecule has 51 heavy (non-hydrogen) atoms. The number of amides is 4. The molecule has 12 nitrogen and oxygen atoms in total. The molecule has 2 rings (SSSR count). The Balaban J connectivity index is 2.24. The van der Waals surface area contributed by atoms with Gasteiger partial charge in [-0.2, -0.15) is 0 Å². The summed E-state index contributed by atoms with van der Waals surface area (Å²) in [5.74, 6) is -1.62.